The minimum Gasteiger partial charge on any atom is -0.384 e. The number of nitrogens with one attached hydrogen (secondary N) is 1. The third-order valence-electron chi connectivity index (χ3n) is 4.57. The normalized spacial score (nSPS) is 15.3. The van der Waals surface area contributed by atoms with Crippen LogP contribution in [-0.4, -0.2) is 26.2 Å². The molecule has 0 aliphatic rings. The van der Waals surface area contributed by atoms with Crippen molar-refractivity contribution in [2.45, 2.75) is 39.3 Å². The second-order valence-corrected chi connectivity index (χ2v) is 6.74. The molecule has 0 fully saturated rings. The van der Waals surface area contributed by atoms with Crippen molar-refractivity contribution in [1.29, 1.82) is 0 Å². The number of benzene rings is 1. The Morgan fingerprint density at radius 1 is 1.28 bits per heavy atom. The Kier molecular flexibility index (Phi) is 4.58. The van der Waals surface area contributed by atoms with E-state index in [1.165, 1.54) is 12.1 Å². The molecule has 0 aliphatic heterocycles. The first-order valence-corrected chi connectivity index (χ1v) is 8.31. The van der Waals surface area contributed by atoms with Crippen LogP contribution in [0.5, 0.6) is 0 Å². The van der Waals surface area contributed by atoms with Gasteiger partial charge in [-0.1, -0.05) is 12.1 Å². The van der Waals surface area contributed by atoms with E-state index in [9.17, 15) is 9.50 Å². The van der Waals surface area contributed by atoms with Gasteiger partial charge in [-0.25, -0.2) is 13.9 Å². The number of halogens is 1. The first-order valence-electron chi connectivity index (χ1n) is 8.31. The van der Waals surface area contributed by atoms with Crippen molar-refractivity contribution in [2.75, 3.05) is 6.54 Å². The molecule has 0 spiro atoms. The number of aliphatic hydroxyl groups is 1. The average Bonchev–Trinajstić information content (AvgIpc) is 2.95. The van der Waals surface area contributed by atoms with E-state index in [4.69, 9.17) is 0 Å². The van der Waals surface area contributed by atoms with E-state index in [1.54, 1.807) is 19.1 Å². The van der Waals surface area contributed by atoms with Crippen LogP contribution in [0.4, 0.5) is 4.39 Å². The molecule has 2 aromatic heterocycles. The molecule has 0 saturated heterocycles. The average molecular weight is 342 g/mol. The standard InChI is InChI=1S/C19H23FN4O/c1-12-9-18-21-10-17(14(3)24(18)23-12)13(2)22-11-19(4,25)15-5-7-16(20)8-6-15/h5-10,13,22,25H,11H2,1-4H3. The fraction of sp³-hybridized carbons (Fsp3) is 0.368. The van der Waals surface area contributed by atoms with Crippen LogP contribution in [0.1, 0.15) is 42.4 Å². The highest BCUT2D eigenvalue weighted by atomic mass is 19.1. The van der Waals surface area contributed by atoms with Crippen molar-refractivity contribution in [3.8, 4) is 0 Å². The molecule has 0 amide bonds. The first-order chi connectivity index (χ1) is 11.8. The van der Waals surface area contributed by atoms with Gasteiger partial charge in [-0.3, -0.25) is 0 Å². The van der Waals surface area contributed by atoms with Gasteiger partial charge in [0.25, 0.3) is 0 Å². The Hall–Kier alpha value is -2.31. The number of nitrogens with zero attached hydrogens (tertiary/aromatic N) is 3. The van der Waals surface area contributed by atoms with E-state index in [-0.39, 0.29) is 11.9 Å². The second-order valence-electron chi connectivity index (χ2n) is 6.74. The Balaban J connectivity index is 1.77. The summed E-state index contributed by atoms with van der Waals surface area (Å²) in [5.41, 5.74) is 3.35. The molecule has 1 aromatic carbocycles. The van der Waals surface area contributed by atoms with E-state index >= 15 is 0 Å². The molecule has 0 radical (unpaired) electrons. The predicted molar refractivity (Wildman–Crippen MR) is 94.8 cm³/mol. The summed E-state index contributed by atoms with van der Waals surface area (Å²) in [5, 5.41) is 18.5. The summed E-state index contributed by atoms with van der Waals surface area (Å²) in [7, 11) is 0. The molecule has 0 bridgehead atoms. The Labute approximate surface area is 146 Å². The molecule has 2 heterocycles. The van der Waals surface area contributed by atoms with Gasteiger partial charge in [0.15, 0.2) is 5.65 Å². The van der Waals surface area contributed by atoms with E-state index in [0.717, 1.165) is 22.6 Å². The number of aryl methyl sites for hydroxylation is 2. The predicted octanol–water partition coefficient (Wildman–Crippen LogP) is 3.04. The van der Waals surface area contributed by atoms with Crippen molar-refractivity contribution < 1.29 is 9.50 Å². The van der Waals surface area contributed by atoms with Gasteiger partial charge in [0, 0.05) is 36.1 Å². The second kappa shape index (κ2) is 6.54. The minimum atomic E-state index is -1.10. The zero-order chi connectivity index (χ0) is 18.2. The molecule has 0 saturated carbocycles. The Morgan fingerprint density at radius 3 is 2.64 bits per heavy atom. The fourth-order valence-electron chi connectivity index (χ4n) is 2.97. The van der Waals surface area contributed by atoms with Gasteiger partial charge in [-0.2, -0.15) is 5.10 Å². The lowest BCUT2D eigenvalue weighted by Crippen LogP contribution is -2.37. The Bertz CT molecular complexity index is 886. The zero-order valence-corrected chi connectivity index (χ0v) is 14.9. The quantitative estimate of drug-likeness (QED) is 0.748. The summed E-state index contributed by atoms with van der Waals surface area (Å²) in [6, 6.07) is 7.84. The number of aromatic nitrogens is 3. The van der Waals surface area contributed by atoms with Crippen molar-refractivity contribution in [1.82, 2.24) is 19.9 Å². The van der Waals surface area contributed by atoms with Gasteiger partial charge in [0.2, 0.25) is 0 Å². The SMILES string of the molecule is Cc1cc2ncc(C(C)NCC(C)(O)c3ccc(F)cc3)c(C)n2n1. The molecule has 0 aliphatic carbocycles. The van der Waals surface area contributed by atoms with Crippen LogP contribution in [0.3, 0.4) is 0 Å². The lowest BCUT2D eigenvalue weighted by atomic mass is 9.95. The van der Waals surface area contributed by atoms with Gasteiger partial charge < -0.3 is 10.4 Å². The van der Waals surface area contributed by atoms with Crippen LogP contribution in [0.2, 0.25) is 0 Å². The third kappa shape index (κ3) is 3.55. The number of fused-ring (bicyclic) bond motifs is 1. The number of hydrogen-bond acceptors (Lipinski definition) is 4. The van der Waals surface area contributed by atoms with Gasteiger partial charge >= 0.3 is 0 Å². The van der Waals surface area contributed by atoms with Crippen molar-refractivity contribution in [2.24, 2.45) is 0 Å². The highest BCUT2D eigenvalue weighted by Crippen LogP contribution is 2.23. The number of rotatable bonds is 5. The maximum atomic E-state index is 13.1. The summed E-state index contributed by atoms with van der Waals surface area (Å²) in [6.07, 6.45) is 1.84. The molecule has 6 heteroatoms. The summed E-state index contributed by atoms with van der Waals surface area (Å²) in [5.74, 6) is -0.314. The third-order valence-corrected chi connectivity index (χ3v) is 4.57. The highest BCUT2D eigenvalue weighted by Gasteiger charge is 2.24. The summed E-state index contributed by atoms with van der Waals surface area (Å²) in [6.45, 7) is 8.01. The van der Waals surface area contributed by atoms with Crippen molar-refractivity contribution in [3.63, 3.8) is 0 Å². The monoisotopic (exact) mass is 342 g/mol. The molecule has 2 unspecified atom stereocenters. The van der Waals surface area contributed by atoms with Crippen LogP contribution in [0.25, 0.3) is 5.65 Å². The summed E-state index contributed by atoms with van der Waals surface area (Å²) in [4.78, 5) is 4.45. The smallest absolute Gasteiger partial charge is 0.155 e. The van der Waals surface area contributed by atoms with Crippen LogP contribution < -0.4 is 5.32 Å². The molecule has 2 N–H and O–H groups in total. The summed E-state index contributed by atoms with van der Waals surface area (Å²) >= 11 is 0. The molecular weight excluding hydrogens is 319 g/mol. The van der Waals surface area contributed by atoms with Gasteiger partial charge in [0.05, 0.1) is 11.3 Å². The van der Waals surface area contributed by atoms with Crippen LogP contribution in [-0.2, 0) is 5.60 Å². The fourth-order valence-corrected chi connectivity index (χ4v) is 2.97. The minimum absolute atomic E-state index is 0.0201. The van der Waals surface area contributed by atoms with E-state index in [2.05, 4.69) is 15.4 Å². The van der Waals surface area contributed by atoms with Gasteiger partial charge in [0.1, 0.15) is 5.82 Å². The van der Waals surface area contributed by atoms with Crippen molar-refractivity contribution in [3.05, 3.63) is 64.9 Å². The molecule has 132 valence electrons. The lowest BCUT2D eigenvalue weighted by molar-refractivity contribution is 0.0542. The molecule has 5 nitrogen and oxygen atoms in total. The Morgan fingerprint density at radius 2 is 1.96 bits per heavy atom. The van der Waals surface area contributed by atoms with E-state index in [1.807, 2.05) is 37.5 Å². The summed E-state index contributed by atoms with van der Waals surface area (Å²) < 4.78 is 14.9. The van der Waals surface area contributed by atoms with E-state index < -0.39 is 5.60 Å². The lowest BCUT2D eigenvalue weighted by Gasteiger charge is -2.27. The largest absolute Gasteiger partial charge is 0.384 e. The van der Waals surface area contributed by atoms with Crippen LogP contribution >= 0.6 is 0 Å². The van der Waals surface area contributed by atoms with E-state index in [0.29, 0.717) is 12.1 Å². The first kappa shape index (κ1) is 17.5. The maximum Gasteiger partial charge on any atom is 0.155 e. The zero-order valence-electron chi connectivity index (χ0n) is 14.9. The van der Waals surface area contributed by atoms with Crippen molar-refractivity contribution >= 4 is 5.65 Å². The maximum absolute atomic E-state index is 13.1. The van der Waals surface area contributed by atoms with Gasteiger partial charge in [-0.15, -0.1) is 0 Å². The van der Waals surface area contributed by atoms with Crippen LogP contribution in [0.15, 0.2) is 36.5 Å². The number of hydrogen-bond donors (Lipinski definition) is 2. The molecule has 2 atom stereocenters. The topological polar surface area (TPSA) is 62.5 Å². The molecule has 3 rings (SSSR count). The molecular formula is C19H23FN4O. The van der Waals surface area contributed by atoms with Gasteiger partial charge in [-0.05, 0) is 45.4 Å². The molecule has 25 heavy (non-hydrogen) atoms. The highest BCUT2D eigenvalue weighted by molar-refractivity contribution is 5.42. The van der Waals surface area contributed by atoms with Crippen LogP contribution in [0, 0.1) is 19.7 Å². The molecule has 3 aromatic rings.